The molecule has 6 heteroatoms. The second kappa shape index (κ2) is 9.56. The lowest BCUT2D eigenvalue weighted by Gasteiger charge is -2.18. The van der Waals surface area contributed by atoms with Crippen molar-refractivity contribution in [3.8, 4) is 0 Å². The lowest BCUT2D eigenvalue weighted by atomic mass is 10.1. The molecule has 0 saturated heterocycles. The van der Waals surface area contributed by atoms with Crippen molar-refractivity contribution in [2.24, 2.45) is 0 Å². The summed E-state index contributed by atoms with van der Waals surface area (Å²) in [5, 5.41) is 2.79. The van der Waals surface area contributed by atoms with Crippen LogP contribution in [0.5, 0.6) is 0 Å². The van der Waals surface area contributed by atoms with Crippen LogP contribution in [0.3, 0.4) is 0 Å². The third-order valence-electron chi connectivity index (χ3n) is 3.92. The molecule has 2 aromatic rings. The van der Waals surface area contributed by atoms with E-state index in [1.807, 2.05) is 11.9 Å². The molecule has 1 amide bonds. The molecule has 0 aliphatic rings. The third kappa shape index (κ3) is 5.05. The summed E-state index contributed by atoms with van der Waals surface area (Å²) < 4.78 is 5.04. The molecule has 26 heavy (non-hydrogen) atoms. The van der Waals surface area contributed by atoms with Crippen LogP contribution in [-0.4, -0.2) is 37.1 Å². The second-order valence-electron chi connectivity index (χ2n) is 5.90. The first-order valence-electron chi connectivity index (χ1n) is 8.81. The summed E-state index contributed by atoms with van der Waals surface area (Å²) in [4.78, 5) is 31.0. The van der Waals surface area contributed by atoms with Gasteiger partial charge in [-0.1, -0.05) is 25.5 Å². The predicted octanol–water partition coefficient (Wildman–Crippen LogP) is 3.75. The van der Waals surface area contributed by atoms with Crippen molar-refractivity contribution >= 4 is 23.4 Å². The van der Waals surface area contributed by atoms with Crippen molar-refractivity contribution < 1.29 is 14.3 Å². The number of ether oxygens (including phenoxy) is 1. The Morgan fingerprint density at radius 3 is 2.69 bits per heavy atom. The second-order valence-corrected chi connectivity index (χ2v) is 5.90. The molecule has 2 rings (SSSR count). The Labute approximate surface area is 154 Å². The van der Waals surface area contributed by atoms with Crippen molar-refractivity contribution in [1.82, 2.24) is 4.98 Å². The number of pyridine rings is 1. The number of hydrogen-bond acceptors (Lipinski definition) is 5. The fraction of sp³-hybridized carbons (Fsp3) is 0.350. The summed E-state index contributed by atoms with van der Waals surface area (Å²) in [6.07, 6.45) is 3.76. The molecule has 1 aromatic carbocycles. The van der Waals surface area contributed by atoms with Crippen LogP contribution in [0.2, 0.25) is 0 Å². The minimum absolute atomic E-state index is 0.277. The molecular formula is C20H25N3O3. The molecule has 6 nitrogen and oxygen atoms in total. The molecule has 0 unspecified atom stereocenters. The number of nitrogens with one attached hydrogen (secondary N) is 1. The molecule has 0 radical (unpaired) electrons. The van der Waals surface area contributed by atoms with Crippen LogP contribution in [0, 0.1) is 0 Å². The van der Waals surface area contributed by atoms with Gasteiger partial charge in [-0.15, -0.1) is 0 Å². The fourth-order valence-corrected chi connectivity index (χ4v) is 2.45. The van der Waals surface area contributed by atoms with Gasteiger partial charge in [0.25, 0.3) is 5.91 Å². The van der Waals surface area contributed by atoms with Crippen LogP contribution in [0.25, 0.3) is 0 Å². The van der Waals surface area contributed by atoms with Crippen molar-refractivity contribution in [1.29, 1.82) is 0 Å². The Morgan fingerprint density at radius 2 is 1.96 bits per heavy atom. The summed E-state index contributed by atoms with van der Waals surface area (Å²) >= 11 is 0. The Bertz CT molecular complexity index is 761. The van der Waals surface area contributed by atoms with E-state index in [0.717, 1.165) is 25.2 Å². The molecule has 0 aliphatic heterocycles. The highest BCUT2D eigenvalue weighted by Gasteiger charge is 2.15. The lowest BCUT2D eigenvalue weighted by Crippen LogP contribution is -2.21. The van der Waals surface area contributed by atoms with Gasteiger partial charge >= 0.3 is 5.97 Å². The molecule has 1 heterocycles. The monoisotopic (exact) mass is 355 g/mol. The maximum atomic E-state index is 12.6. The zero-order valence-electron chi connectivity index (χ0n) is 15.5. The van der Waals surface area contributed by atoms with Crippen LogP contribution < -0.4 is 10.2 Å². The quantitative estimate of drug-likeness (QED) is 0.730. The van der Waals surface area contributed by atoms with E-state index >= 15 is 0 Å². The maximum absolute atomic E-state index is 12.6. The third-order valence-corrected chi connectivity index (χ3v) is 3.92. The Balaban J connectivity index is 2.17. The SMILES string of the molecule is CCCCN(C)c1cc(C(=O)Nc2ccccc2C(=O)OCC)ccn1. The topological polar surface area (TPSA) is 71.5 Å². The number of unbranched alkanes of at least 4 members (excludes halogenated alkanes) is 1. The molecule has 0 spiro atoms. The lowest BCUT2D eigenvalue weighted by molar-refractivity contribution is 0.0527. The van der Waals surface area contributed by atoms with Gasteiger partial charge in [-0.2, -0.15) is 0 Å². The van der Waals surface area contributed by atoms with Gasteiger partial charge in [0.2, 0.25) is 0 Å². The summed E-state index contributed by atoms with van der Waals surface area (Å²) in [7, 11) is 1.95. The first-order chi connectivity index (χ1) is 12.6. The van der Waals surface area contributed by atoms with Crippen LogP contribution in [0.4, 0.5) is 11.5 Å². The first-order valence-corrected chi connectivity index (χ1v) is 8.81. The van der Waals surface area contributed by atoms with Crippen molar-refractivity contribution in [3.05, 3.63) is 53.7 Å². The Kier molecular flexibility index (Phi) is 7.14. The standard InChI is InChI=1S/C20H25N3O3/c1-4-6-13-23(3)18-14-15(11-12-21-18)19(24)22-17-10-8-7-9-16(17)20(25)26-5-2/h7-12,14H,4-6,13H2,1-3H3,(H,22,24). The number of carbonyl (C=O) groups excluding carboxylic acids is 2. The molecular weight excluding hydrogens is 330 g/mol. The average Bonchev–Trinajstić information content (AvgIpc) is 2.66. The number of anilines is 2. The van der Waals surface area contributed by atoms with Crippen LogP contribution in [0.15, 0.2) is 42.6 Å². The number of benzene rings is 1. The van der Waals surface area contributed by atoms with Crippen LogP contribution in [-0.2, 0) is 4.74 Å². The number of amides is 1. The summed E-state index contributed by atoms with van der Waals surface area (Å²) in [6, 6.07) is 10.2. The van der Waals surface area contributed by atoms with Gasteiger partial charge in [0.1, 0.15) is 5.82 Å². The van der Waals surface area contributed by atoms with Gasteiger partial charge in [0.05, 0.1) is 17.9 Å². The fourth-order valence-electron chi connectivity index (χ4n) is 2.45. The predicted molar refractivity (Wildman–Crippen MR) is 103 cm³/mol. The van der Waals surface area contributed by atoms with Gasteiger partial charge < -0.3 is 15.0 Å². The number of para-hydroxylation sites is 1. The van der Waals surface area contributed by atoms with E-state index in [9.17, 15) is 9.59 Å². The number of esters is 1. The molecule has 0 saturated carbocycles. The number of nitrogens with zero attached hydrogens (tertiary/aromatic N) is 2. The van der Waals surface area contributed by atoms with Crippen molar-refractivity contribution in [2.45, 2.75) is 26.7 Å². The van der Waals surface area contributed by atoms with E-state index in [0.29, 0.717) is 16.8 Å². The van der Waals surface area contributed by atoms with E-state index < -0.39 is 5.97 Å². The summed E-state index contributed by atoms with van der Waals surface area (Å²) in [5.74, 6) is -0.0165. The largest absolute Gasteiger partial charge is 0.462 e. The van der Waals surface area contributed by atoms with Gasteiger partial charge in [-0.3, -0.25) is 4.79 Å². The van der Waals surface area contributed by atoms with Crippen molar-refractivity contribution in [3.63, 3.8) is 0 Å². The first kappa shape index (κ1) is 19.4. The highest BCUT2D eigenvalue weighted by atomic mass is 16.5. The average molecular weight is 355 g/mol. The summed E-state index contributed by atoms with van der Waals surface area (Å²) in [6.45, 7) is 5.03. The molecule has 0 fully saturated rings. The molecule has 0 aliphatic carbocycles. The molecule has 0 bridgehead atoms. The van der Waals surface area contributed by atoms with E-state index in [1.165, 1.54) is 0 Å². The number of aromatic nitrogens is 1. The van der Waals surface area contributed by atoms with E-state index in [4.69, 9.17) is 4.74 Å². The van der Waals surface area contributed by atoms with E-state index in [-0.39, 0.29) is 12.5 Å². The zero-order chi connectivity index (χ0) is 18.9. The number of rotatable bonds is 8. The highest BCUT2D eigenvalue weighted by molar-refractivity contribution is 6.08. The minimum atomic E-state index is -0.460. The number of carbonyl (C=O) groups is 2. The van der Waals surface area contributed by atoms with Crippen LogP contribution >= 0.6 is 0 Å². The smallest absolute Gasteiger partial charge is 0.340 e. The zero-order valence-corrected chi connectivity index (χ0v) is 15.5. The van der Waals surface area contributed by atoms with Crippen LogP contribution in [0.1, 0.15) is 47.4 Å². The molecule has 1 N–H and O–H groups in total. The Morgan fingerprint density at radius 1 is 1.19 bits per heavy atom. The molecule has 0 atom stereocenters. The minimum Gasteiger partial charge on any atom is -0.462 e. The van der Waals surface area contributed by atoms with Gasteiger partial charge in [-0.05, 0) is 37.6 Å². The van der Waals surface area contributed by atoms with Gasteiger partial charge in [0.15, 0.2) is 0 Å². The maximum Gasteiger partial charge on any atom is 0.340 e. The van der Waals surface area contributed by atoms with Gasteiger partial charge in [-0.25, -0.2) is 9.78 Å². The molecule has 1 aromatic heterocycles. The Hall–Kier alpha value is -2.89. The summed E-state index contributed by atoms with van der Waals surface area (Å²) in [5.41, 5.74) is 1.24. The number of hydrogen-bond donors (Lipinski definition) is 1. The normalized spacial score (nSPS) is 10.3. The highest BCUT2D eigenvalue weighted by Crippen LogP contribution is 2.19. The molecule has 138 valence electrons. The van der Waals surface area contributed by atoms with E-state index in [1.54, 1.807) is 49.5 Å². The van der Waals surface area contributed by atoms with E-state index in [2.05, 4.69) is 17.2 Å². The van der Waals surface area contributed by atoms with Gasteiger partial charge in [0, 0.05) is 25.4 Å². The van der Waals surface area contributed by atoms with Crippen molar-refractivity contribution in [2.75, 3.05) is 30.4 Å².